The first-order valence-electron chi connectivity index (χ1n) is 8.40. The topological polar surface area (TPSA) is 96.9 Å². The first-order valence-corrected chi connectivity index (χ1v) is 8.40. The molecule has 0 atom stereocenters. The normalized spacial score (nSPS) is 10.9. The summed E-state index contributed by atoms with van der Waals surface area (Å²) in [4.78, 5) is 42.7. The summed E-state index contributed by atoms with van der Waals surface area (Å²) in [6.45, 7) is 6.83. The Kier molecular flexibility index (Phi) is 6.27. The predicted octanol–water partition coefficient (Wildman–Crippen LogP) is 1.26. The zero-order chi connectivity index (χ0) is 18.4. The van der Waals surface area contributed by atoms with E-state index in [2.05, 4.69) is 29.1 Å². The van der Waals surface area contributed by atoms with Gasteiger partial charge in [-0.2, -0.15) is 0 Å². The van der Waals surface area contributed by atoms with Crippen molar-refractivity contribution in [2.45, 2.75) is 40.2 Å². The van der Waals surface area contributed by atoms with E-state index >= 15 is 0 Å². The van der Waals surface area contributed by atoms with E-state index in [1.165, 1.54) is 12.4 Å². The molecule has 0 saturated carbocycles. The lowest BCUT2D eigenvalue weighted by atomic mass is 10.1. The molecular weight excluding hydrogens is 320 g/mol. The lowest BCUT2D eigenvalue weighted by Gasteiger charge is -2.12. The number of amides is 1. The van der Waals surface area contributed by atoms with E-state index in [1.807, 2.05) is 0 Å². The zero-order valence-electron chi connectivity index (χ0n) is 14.8. The number of rotatable bonds is 7. The first-order chi connectivity index (χ1) is 11.9. The number of hydrogen-bond acceptors (Lipinski definition) is 4. The van der Waals surface area contributed by atoms with Crippen LogP contribution < -0.4 is 16.4 Å². The van der Waals surface area contributed by atoms with Crippen molar-refractivity contribution in [3.8, 4) is 0 Å². The summed E-state index contributed by atoms with van der Waals surface area (Å²) in [5.41, 5.74) is 0.904. The van der Waals surface area contributed by atoms with Crippen LogP contribution in [0.2, 0.25) is 0 Å². The van der Waals surface area contributed by atoms with Crippen LogP contribution in [0, 0.1) is 12.8 Å². The van der Waals surface area contributed by atoms with E-state index in [4.69, 9.17) is 0 Å². The van der Waals surface area contributed by atoms with Gasteiger partial charge in [0.1, 0.15) is 5.56 Å². The Labute approximate surface area is 146 Å². The summed E-state index contributed by atoms with van der Waals surface area (Å²) in [5.74, 6) is 0.0817. The zero-order valence-corrected chi connectivity index (χ0v) is 14.8. The van der Waals surface area contributed by atoms with Gasteiger partial charge in [-0.05, 0) is 30.9 Å². The second-order valence-electron chi connectivity index (χ2n) is 6.46. The molecule has 0 fully saturated rings. The molecule has 2 N–H and O–H groups in total. The summed E-state index contributed by atoms with van der Waals surface area (Å²) in [5, 5.41) is 2.74. The number of nitrogens with zero attached hydrogens (tertiary/aromatic N) is 2. The average Bonchev–Trinajstić information content (AvgIpc) is 2.54. The molecule has 7 heteroatoms. The molecule has 0 spiro atoms. The Balaban J connectivity index is 2.06. The number of pyridine rings is 1. The van der Waals surface area contributed by atoms with E-state index in [-0.39, 0.29) is 16.7 Å². The van der Waals surface area contributed by atoms with Crippen molar-refractivity contribution < 1.29 is 4.79 Å². The Morgan fingerprint density at radius 2 is 2.12 bits per heavy atom. The minimum absolute atomic E-state index is 0.171. The maximum absolute atomic E-state index is 12.6. The second-order valence-corrected chi connectivity index (χ2v) is 6.46. The van der Waals surface area contributed by atoms with Crippen LogP contribution in [0.5, 0.6) is 0 Å². The number of carbonyl (C=O) groups is 1. The fourth-order valence-electron chi connectivity index (χ4n) is 2.45. The maximum atomic E-state index is 12.6. The predicted molar refractivity (Wildman–Crippen MR) is 95.8 cm³/mol. The van der Waals surface area contributed by atoms with E-state index in [0.717, 1.165) is 6.42 Å². The monoisotopic (exact) mass is 344 g/mol. The van der Waals surface area contributed by atoms with Crippen LogP contribution in [0.1, 0.15) is 41.9 Å². The number of nitrogens with one attached hydrogen (secondary N) is 2. The molecule has 0 aliphatic rings. The molecule has 0 unspecified atom stereocenters. The molecule has 2 aromatic rings. The van der Waals surface area contributed by atoms with E-state index in [1.54, 1.807) is 23.8 Å². The fraction of sp³-hybridized carbons (Fsp3) is 0.444. The Morgan fingerprint density at radius 1 is 1.36 bits per heavy atom. The molecule has 25 heavy (non-hydrogen) atoms. The van der Waals surface area contributed by atoms with Crippen molar-refractivity contribution in [2.75, 3.05) is 6.54 Å². The summed E-state index contributed by atoms with van der Waals surface area (Å²) >= 11 is 0. The van der Waals surface area contributed by atoms with Gasteiger partial charge in [0.15, 0.2) is 0 Å². The van der Waals surface area contributed by atoms with Crippen molar-refractivity contribution in [2.24, 2.45) is 5.92 Å². The summed E-state index contributed by atoms with van der Waals surface area (Å²) < 4.78 is 1.58. The summed E-state index contributed by atoms with van der Waals surface area (Å²) in [6.07, 6.45) is 4.35. The van der Waals surface area contributed by atoms with Gasteiger partial charge < -0.3 is 14.9 Å². The molecule has 0 radical (unpaired) electrons. The van der Waals surface area contributed by atoms with Crippen molar-refractivity contribution in [1.82, 2.24) is 19.9 Å². The van der Waals surface area contributed by atoms with Gasteiger partial charge in [0.05, 0.1) is 6.33 Å². The molecule has 1 amide bonds. The van der Waals surface area contributed by atoms with E-state index in [9.17, 15) is 14.4 Å². The van der Waals surface area contributed by atoms with Crippen LogP contribution >= 0.6 is 0 Å². The SMILES string of the molecule is Cc1ccn(CCC(C)C)c(=O)c1C(=O)NCCc1cc(=O)[nH]cn1. The molecule has 2 rings (SSSR count). The minimum Gasteiger partial charge on any atom is -0.351 e. The molecular formula is C18H24N4O3. The number of H-pyrrole nitrogens is 1. The molecule has 2 aromatic heterocycles. The third-order valence-electron chi connectivity index (χ3n) is 3.95. The lowest BCUT2D eigenvalue weighted by Crippen LogP contribution is -2.35. The molecule has 134 valence electrons. The standard InChI is InChI=1S/C18H24N4O3/c1-12(2)5-8-22-9-6-13(3)16(18(22)25)17(24)19-7-4-14-10-15(23)21-11-20-14/h6,9-12H,4-5,7-8H2,1-3H3,(H,19,24)(H,20,21,23). The quantitative estimate of drug-likeness (QED) is 0.790. The molecule has 2 heterocycles. The van der Waals surface area contributed by atoms with Crippen LogP contribution in [0.15, 0.2) is 34.2 Å². The Hall–Kier alpha value is -2.70. The molecule has 0 aromatic carbocycles. The number of aryl methyl sites for hydroxylation is 2. The van der Waals surface area contributed by atoms with Gasteiger partial charge in [0, 0.05) is 37.5 Å². The van der Waals surface area contributed by atoms with Gasteiger partial charge in [-0.15, -0.1) is 0 Å². The highest BCUT2D eigenvalue weighted by molar-refractivity contribution is 5.95. The Bertz CT molecular complexity index is 852. The highest BCUT2D eigenvalue weighted by atomic mass is 16.2. The van der Waals surface area contributed by atoms with E-state index in [0.29, 0.717) is 36.7 Å². The fourth-order valence-corrected chi connectivity index (χ4v) is 2.45. The van der Waals surface area contributed by atoms with Crippen molar-refractivity contribution in [3.63, 3.8) is 0 Å². The van der Waals surface area contributed by atoms with Crippen molar-refractivity contribution in [3.05, 3.63) is 62.2 Å². The number of hydrogen-bond donors (Lipinski definition) is 2. The number of aromatic nitrogens is 3. The molecule has 7 nitrogen and oxygen atoms in total. The van der Waals surface area contributed by atoms with Gasteiger partial charge >= 0.3 is 0 Å². The van der Waals surface area contributed by atoms with Gasteiger partial charge in [0.25, 0.3) is 17.0 Å². The second kappa shape index (κ2) is 8.41. The summed E-state index contributed by atoms with van der Waals surface area (Å²) in [6, 6.07) is 3.17. The first kappa shape index (κ1) is 18.6. The van der Waals surface area contributed by atoms with E-state index < -0.39 is 5.91 Å². The third-order valence-corrected chi connectivity index (χ3v) is 3.95. The minimum atomic E-state index is -0.397. The lowest BCUT2D eigenvalue weighted by molar-refractivity contribution is 0.0951. The van der Waals surface area contributed by atoms with Crippen LogP contribution in [-0.4, -0.2) is 27.0 Å². The molecule has 0 saturated heterocycles. The largest absolute Gasteiger partial charge is 0.351 e. The van der Waals surface area contributed by atoms with Gasteiger partial charge in [0.2, 0.25) is 0 Å². The summed E-state index contributed by atoms with van der Waals surface area (Å²) in [7, 11) is 0. The molecule has 0 bridgehead atoms. The van der Waals surface area contributed by atoms with Crippen LogP contribution in [0.25, 0.3) is 0 Å². The average molecular weight is 344 g/mol. The van der Waals surface area contributed by atoms with Gasteiger partial charge in [-0.25, -0.2) is 4.98 Å². The highest BCUT2D eigenvalue weighted by Gasteiger charge is 2.15. The highest BCUT2D eigenvalue weighted by Crippen LogP contribution is 2.05. The van der Waals surface area contributed by atoms with Crippen molar-refractivity contribution >= 4 is 5.91 Å². The van der Waals surface area contributed by atoms with Gasteiger partial charge in [-0.1, -0.05) is 13.8 Å². The maximum Gasteiger partial charge on any atom is 0.263 e. The van der Waals surface area contributed by atoms with Crippen LogP contribution in [-0.2, 0) is 13.0 Å². The van der Waals surface area contributed by atoms with Gasteiger partial charge in [-0.3, -0.25) is 14.4 Å². The van der Waals surface area contributed by atoms with Crippen LogP contribution in [0.3, 0.4) is 0 Å². The molecule has 0 aliphatic heterocycles. The number of carbonyl (C=O) groups excluding carboxylic acids is 1. The van der Waals surface area contributed by atoms with Crippen LogP contribution in [0.4, 0.5) is 0 Å². The Morgan fingerprint density at radius 3 is 2.80 bits per heavy atom. The smallest absolute Gasteiger partial charge is 0.263 e. The number of aromatic amines is 1. The van der Waals surface area contributed by atoms with Crippen molar-refractivity contribution in [1.29, 1.82) is 0 Å². The molecule has 0 aliphatic carbocycles. The third kappa shape index (κ3) is 5.14.